The van der Waals surface area contributed by atoms with E-state index < -0.39 is 24.8 Å². The van der Waals surface area contributed by atoms with Gasteiger partial charge < -0.3 is 29.5 Å². The molecule has 4 rings (SSSR count). The number of fused-ring (bicyclic) bond motifs is 2. The lowest BCUT2D eigenvalue weighted by molar-refractivity contribution is -0.152. The van der Waals surface area contributed by atoms with Crippen LogP contribution in [0.2, 0.25) is 0 Å². The highest BCUT2D eigenvalue weighted by atomic mass is 16.7. The Bertz CT molecular complexity index is 617. The van der Waals surface area contributed by atoms with E-state index in [9.17, 15) is 15.3 Å². The molecule has 7 atom stereocenters. The van der Waals surface area contributed by atoms with Gasteiger partial charge in [0.1, 0.15) is 11.9 Å². The molecule has 24 heavy (non-hydrogen) atoms. The lowest BCUT2D eigenvalue weighted by atomic mass is 9.91. The van der Waals surface area contributed by atoms with Crippen LogP contribution >= 0.6 is 0 Å². The Kier molecular flexibility index (Phi) is 4.32. The summed E-state index contributed by atoms with van der Waals surface area (Å²) >= 11 is 0. The summed E-state index contributed by atoms with van der Waals surface area (Å²) < 4.78 is 16.6. The standard InChI is InChI=1S/C18H22O6/c19-13(18-22-9-10-3-1-2-4-15(10)24-18)6-5-11-12-7-17(21)23-16(12)8-14(11)20/h1-6,11-14,16-21H,7-9H2/b6-5+/t11-,12-,13+,14-,16+,17?,18?/m1/s1. The molecule has 1 saturated carbocycles. The van der Waals surface area contributed by atoms with Gasteiger partial charge in [-0.15, -0.1) is 0 Å². The smallest absolute Gasteiger partial charge is 0.230 e. The molecule has 1 aromatic carbocycles. The number of hydrogen-bond donors (Lipinski definition) is 3. The first-order valence-electron chi connectivity index (χ1n) is 8.36. The van der Waals surface area contributed by atoms with Crippen molar-refractivity contribution in [2.45, 2.75) is 50.3 Å². The van der Waals surface area contributed by atoms with E-state index in [0.717, 1.165) is 11.3 Å². The number of benzene rings is 1. The third-order valence-corrected chi connectivity index (χ3v) is 5.12. The summed E-state index contributed by atoms with van der Waals surface area (Å²) in [6.45, 7) is 0.391. The monoisotopic (exact) mass is 334 g/mol. The SMILES string of the molecule is OC1C[C@@H]2[C@@H](/C=C/[C@H](O)C3OCc4ccccc4O3)[C@H](O)C[C@@H]2O1. The Balaban J connectivity index is 1.41. The summed E-state index contributed by atoms with van der Waals surface area (Å²) in [7, 11) is 0. The third-order valence-electron chi connectivity index (χ3n) is 5.12. The maximum atomic E-state index is 10.3. The minimum atomic E-state index is -0.933. The van der Waals surface area contributed by atoms with Gasteiger partial charge in [-0.05, 0) is 12.0 Å². The molecule has 0 radical (unpaired) electrons. The van der Waals surface area contributed by atoms with E-state index in [4.69, 9.17) is 14.2 Å². The molecule has 1 saturated heterocycles. The summed E-state index contributed by atoms with van der Waals surface area (Å²) in [6, 6.07) is 7.57. The highest BCUT2D eigenvalue weighted by molar-refractivity contribution is 5.33. The molecular weight excluding hydrogens is 312 g/mol. The lowest BCUT2D eigenvalue weighted by Gasteiger charge is -2.28. The zero-order chi connectivity index (χ0) is 16.7. The van der Waals surface area contributed by atoms with Crippen LogP contribution in [0.3, 0.4) is 0 Å². The molecular formula is C18H22O6. The Hall–Kier alpha value is -1.44. The normalized spacial score (nSPS) is 39.5. The second-order valence-corrected chi connectivity index (χ2v) is 6.69. The Morgan fingerprint density at radius 3 is 2.88 bits per heavy atom. The first-order chi connectivity index (χ1) is 11.6. The highest BCUT2D eigenvalue weighted by Gasteiger charge is 2.47. The molecule has 2 aliphatic heterocycles. The summed E-state index contributed by atoms with van der Waals surface area (Å²) in [5, 5.41) is 30.1. The molecule has 6 nitrogen and oxygen atoms in total. The summed E-state index contributed by atoms with van der Waals surface area (Å²) in [5.74, 6) is 0.652. The number of ether oxygens (including phenoxy) is 3. The molecule has 6 heteroatoms. The zero-order valence-electron chi connectivity index (χ0n) is 13.2. The van der Waals surface area contributed by atoms with Crippen LogP contribution in [0, 0.1) is 11.8 Å². The lowest BCUT2D eigenvalue weighted by Crippen LogP contribution is -2.36. The average molecular weight is 334 g/mol. The molecule has 3 aliphatic rings. The topological polar surface area (TPSA) is 88.4 Å². The van der Waals surface area contributed by atoms with Gasteiger partial charge in [0.05, 0.1) is 18.8 Å². The van der Waals surface area contributed by atoms with Crippen molar-refractivity contribution in [2.24, 2.45) is 11.8 Å². The van der Waals surface area contributed by atoms with Gasteiger partial charge >= 0.3 is 0 Å². The first kappa shape index (κ1) is 16.1. The average Bonchev–Trinajstić information content (AvgIpc) is 3.07. The van der Waals surface area contributed by atoms with E-state index in [1.54, 1.807) is 12.2 Å². The van der Waals surface area contributed by atoms with Crippen LogP contribution < -0.4 is 4.74 Å². The Labute approximate surface area is 140 Å². The van der Waals surface area contributed by atoms with Gasteiger partial charge in [0, 0.05) is 24.3 Å². The highest BCUT2D eigenvalue weighted by Crippen LogP contribution is 2.43. The maximum absolute atomic E-state index is 10.3. The van der Waals surface area contributed by atoms with Crippen LogP contribution in [0.5, 0.6) is 5.75 Å². The van der Waals surface area contributed by atoms with Crippen molar-refractivity contribution in [3.8, 4) is 5.75 Å². The van der Waals surface area contributed by atoms with Crippen molar-refractivity contribution in [3.63, 3.8) is 0 Å². The third kappa shape index (κ3) is 2.96. The predicted octanol–water partition coefficient (Wildman–Crippen LogP) is 0.943. The van der Waals surface area contributed by atoms with Crippen molar-refractivity contribution in [3.05, 3.63) is 42.0 Å². The Morgan fingerprint density at radius 2 is 2.00 bits per heavy atom. The molecule has 2 unspecified atom stereocenters. The van der Waals surface area contributed by atoms with Crippen LogP contribution in [-0.4, -0.2) is 46.2 Å². The quantitative estimate of drug-likeness (QED) is 0.713. The number of rotatable bonds is 3. The number of aliphatic hydroxyl groups excluding tert-OH is 3. The van der Waals surface area contributed by atoms with Crippen molar-refractivity contribution in [2.75, 3.05) is 0 Å². The predicted molar refractivity (Wildman–Crippen MR) is 83.9 cm³/mol. The van der Waals surface area contributed by atoms with Crippen molar-refractivity contribution < 1.29 is 29.5 Å². The van der Waals surface area contributed by atoms with Gasteiger partial charge in [-0.1, -0.05) is 30.4 Å². The summed E-state index contributed by atoms with van der Waals surface area (Å²) in [5.41, 5.74) is 0.955. The fourth-order valence-corrected chi connectivity index (χ4v) is 3.90. The van der Waals surface area contributed by atoms with E-state index in [1.165, 1.54) is 0 Å². The number of hydrogen-bond acceptors (Lipinski definition) is 6. The maximum Gasteiger partial charge on any atom is 0.230 e. The van der Waals surface area contributed by atoms with Crippen molar-refractivity contribution >= 4 is 0 Å². The van der Waals surface area contributed by atoms with Crippen LogP contribution in [0.4, 0.5) is 0 Å². The van der Waals surface area contributed by atoms with Crippen molar-refractivity contribution in [1.29, 1.82) is 0 Å². The summed E-state index contributed by atoms with van der Waals surface area (Å²) in [4.78, 5) is 0. The van der Waals surface area contributed by atoms with E-state index in [1.807, 2.05) is 24.3 Å². The molecule has 0 aromatic heterocycles. The Morgan fingerprint density at radius 1 is 1.17 bits per heavy atom. The summed E-state index contributed by atoms with van der Waals surface area (Å²) in [6.07, 6.45) is 1.34. The van der Waals surface area contributed by atoms with E-state index in [0.29, 0.717) is 19.4 Å². The van der Waals surface area contributed by atoms with Gasteiger partial charge in [-0.25, -0.2) is 0 Å². The molecule has 130 valence electrons. The van der Waals surface area contributed by atoms with Crippen LogP contribution in [0.25, 0.3) is 0 Å². The second-order valence-electron chi connectivity index (χ2n) is 6.69. The van der Waals surface area contributed by atoms with E-state index in [2.05, 4.69) is 0 Å². The van der Waals surface area contributed by atoms with Crippen molar-refractivity contribution in [1.82, 2.24) is 0 Å². The fraction of sp³-hybridized carbons (Fsp3) is 0.556. The van der Waals surface area contributed by atoms with E-state index in [-0.39, 0.29) is 17.9 Å². The second kappa shape index (κ2) is 6.46. The first-order valence-corrected chi connectivity index (χ1v) is 8.36. The van der Waals surface area contributed by atoms with Gasteiger partial charge in [0.15, 0.2) is 6.29 Å². The van der Waals surface area contributed by atoms with Gasteiger partial charge in [0.25, 0.3) is 0 Å². The largest absolute Gasteiger partial charge is 0.461 e. The minimum Gasteiger partial charge on any atom is -0.461 e. The zero-order valence-corrected chi connectivity index (χ0v) is 13.2. The van der Waals surface area contributed by atoms with Gasteiger partial charge in [-0.2, -0.15) is 0 Å². The molecule has 0 bridgehead atoms. The van der Waals surface area contributed by atoms with Crippen LogP contribution in [0.1, 0.15) is 18.4 Å². The molecule has 2 heterocycles. The van der Waals surface area contributed by atoms with Crippen LogP contribution in [-0.2, 0) is 16.1 Å². The van der Waals surface area contributed by atoms with Gasteiger partial charge in [-0.3, -0.25) is 0 Å². The molecule has 1 aliphatic carbocycles. The molecule has 0 spiro atoms. The molecule has 0 amide bonds. The number of aliphatic hydroxyl groups is 3. The molecule has 1 aromatic rings. The fourth-order valence-electron chi connectivity index (χ4n) is 3.90. The molecule has 2 fully saturated rings. The van der Waals surface area contributed by atoms with Crippen LogP contribution in [0.15, 0.2) is 36.4 Å². The minimum absolute atomic E-state index is 0.0763. The number of para-hydroxylation sites is 1. The molecule has 3 N–H and O–H groups in total. The van der Waals surface area contributed by atoms with Gasteiger partial charge in [0.2, 0.25) is 6.29 Å². The van der Waals surface area contributed by atoms with E-state index >= 15 is 0 Å².